The summed E-state index contributed by atoms with van der Waals surface area (Å²) in [6, 6.07) is 12.7. The minimum atomic E-state index is 0.220. The van der Waals surface area contributed by atoms with E-state index in [0.29, 0.717) is 0 Å². The number of benzene rings is 1. The van der Waals surface area contributed by atoms with E-state index in [4.69, 9.17) is 0 Å². The number of nitrogens with zero attached hydrogens (tertiary/aromatic N) is 1. The van der Waals surface area contributed by atoms with Gasteiger partial charge in [-0.05, 0) is 31.6 Å². The normalized spacial score (nSPS) is 18.0. The van der Waals surface area contributed by atoms with Gasteiger partial charge in [-0.15, -0.1) is 11.3 Å². The fraction of sp³-hybridized carbons (Fsp3) is 0.188. The summed E-state index contributed by atoms with van der Waals surface area (Å²) in [6.07, 6.45) is 4.01. The molecule has 2 aromatic rings. The van der Waals surface area contributed by atoms with E-state index >= 15 is 0 Å². The Kier molecular flexibility index (Phi) is 3.22. The van der Waals surface area contributed by atoms with Gasteiger partial charge in [-0.1, -0.05) is 30.3 Å². The number of thiophene rings is 1. The monoisotopic (exact) mass is 268 g/mol. The van der Waals surface area contributed by atoms with E-state index in [1.165, 1.54) is 15.3 Å². The van der Waals surface area contributed by atoms with Crippen molar-refractivity contribution < 1.29 is 0 Å². The van der Waals surface area contributed by atoms with Crippen LogP contribution in [0.4, 0.5) is 0 Å². The van der Waals surface area contributed by atoms with E-state index in [1.807, 2.05) is 35.7 Å². The van der Waals surface area contributed by atoms with Crippen molar-refractivity contribution in [3.8, 4) is 0 Å². The summed E-state index contributed by atoms with van der Waals surface area (Å²) in [4.78, 5) is 7.16. The second kappa shape index (κ2) is 5.02. The van der Waals surface area contributed by atoms with E-state index in [0.717, 1.165) is 11.4 Å². The third-order valence-electron chi connectivity index (χ3n) is 3.24. The van der Waals surface area contributed by atoms with Gasteiger partial charge in [-0.2, -0.15) is 0 Å². The molecule has 2 nitrogen and oxygen atoms in total. The molecule has 0 radical (unpaired) electrons. The number of nitrogens with one attached hydrogen (secondary N) is 1. The maximum absolute atomic E-state index is 4.44. The third-order valence-corrected chi connectivity index (χ3v) is 4.22. The summed E-state index contributed by atoms with van der Waals surface area (Å²) >= 11 is 1.85. The first-order valence-corrected chi connectivity index (χ1v) is 7.19. The van der Waals surface area contributed by atoms with Gasteiger partial charge in [0.15, 0.2) is 0 Å². The molecule has 3 heteroatoms. The molecule has 0 spiro atoms. The molecule has 1 unspecified atom stereocenters. The lowest BCUT2D eigenvalue weighted by molar-refractivity contribution is 0.775. The molecular formula is C16H16N2S. The molecule has 0 fully saturated rings. The highest BCUT2D eigenvalue weighted by molar-refractivity contribution is 7.12. The zero-order valence-electron chi connectivity index (χ0n) is 11.1. The lowest BCUT2D eigenvalue weighted by Crippen LogP contribution is -2.30. The molecule has 0 amide bonds. The standard InChI is InChI=1S/C16H16N2S/c1-11-10-14(12(2)19-11)15-8-9-17-16(18-15)13-6-4-3-5-7-13/h3-10,15H,1-2H3,(H,17,18). The Morgan fingerprint density at radius 3 is 2.63 bits per heavy atom. The van der Waals surface area contributed by atoms with Crippen molar-refractivity contribution in [2.24, 2.45) is 4.99 Å². The van der Waals surface area contributed by atoms with E-state index in [9.17, 15) is 0 Å². The average Bonchev–Trinajstić information content (AvgIpc) is 2.79. The largest absolute Gasteiger partial charge is 0.359 e. The Balaban J connectivity index is 1.88. The van der Waals surface area contributed by atoms with E-state index in [-0.39, 0.29) is 6.04 Å². The van der Waals surface area contributed by atoms with Crippen molar-refractivity contribution in [1.29, 1.82) is 0 Å². The van der Waals surface area contributed by atoms with Crippen LogP contribution in [-0.4, -0.2) is 5.84 Å². The molecule has 0 aliphatic carbocycles. The number of rotatable bonds is 2. The van der Waals surface area contributed by atoms with Gasteiger partial charge < -0.3 is 5.32 Å². The third kappa shape index (κ3) is 2.47. The molecule has 1 atom stereocenters. The lowest BCUT2D eigenvalue weighted by Gasteiger charge is -2.21. The van der Waals surface area contributed by atoms with E-state index in [1.54, 1.807) is 0 Å². The SMILES string of the molecule is Cc1cc(C2C=CN=C(c3ccccc3)N2)c(C)s1. The van der Waals surface area contributed by atoms with Gasteiger partial charge in [-0.25, -0.2) is 4.99 Å². The maximum Gasteiger partial charge on any atom is 0.133 e. The Labute approximate surface area is 117 Å². The highest BCUT2D eigenvalue weighted by Crippen LogP contribution is 2.28. The van der Waals surface area contributed by atoms with Crippen molar-refractivity contribution in [1.82, 2.24) is 5.32 Å². The number of hydrogen-bond acceptors (Lipinski definition) is 3. The van der Waals surface area contributed by atoms with Gasteiger partial charge in [0, 0.05) is 21.5 Å². The van der Waals surface area contributed by atoms with Crippen molar-refractivity contribution >= 4 is 17.2 Å². The number of aliphatic imine (C=N–C) groups is 1. The smallest absolute Gasteiger partial charge is 0.133 e. The molecule has 0 saturated heterocycles. The molecule has 0 saturated carbocycles. The van der Waals surface area contributed by atoms with Crippen LogP contribution in [-0.2, 0) is 0 Å². The van der Waals surface area contributed by atoms with Crippen LogP contribution in [0.1, 0.15) is 26.9 Å². The van der Waals surface area contributed by atoms with E-state index in [2.05, 4.69) is 48.4 Å². The zero-order chi connectivity index (χ0) is 13.2. The van der Waals surface area contributed by atoms with Crippen LogP contribution < -0.4 is 5.32 Å². The van der Waals surface area contributed by atoms with Crippen LogP contribution in [0.5, 0.6) is 0 Å². The predicted octanol–water partition coefficient (Wildman–Crippen LogP) is 3.97. The van der Waals surface area contributed by atoms with Gasteiger partial charge in [0.2, 0.25) is 0 Å². The Morgan fingerprint density at radius 1 is 1.16 bits per heavy atom. The number of hydrogen-bond donors (Lipinski definition) is 1. The lowest BCUT2D eigenvalue weighted by atomic mass is 10.1. The van der Waals surface area contributed by atoms with Gasteiger partial charge in [0.05, 0.1) is 6.04 Å². The van der Waals surface area contributed by atoms with Crippen LogP contribution in [0.25, 0.3) is 0 Å². The number of aryl methyl sites for hydroxylation is 2. The van der Waals surface area contributed by atoms with Crippen molar-refractivity contribution in [2.75, 3.05) is 0 Å². The van der Waals surface area contributed by atoms with Crippen molar-refractivity contribution in [3.63, 3.8) is 0 Å². The van der Waals surface area contributed by atoms with Gasteiger partial charge in [0.1, 0.15) is 5.84 Å². The Morgan fingerprint density at radius 2 is 1.95 bits per heavy atom. The quantitative estimate of drug-likeness (QED) is 0.875. The molecule has 1 aliphatic rings. The molecule has 3 rings (SSSR count). The highest BCUT2D eigenvalue weighted by Gasteiger charge is 2.17. The molecule has 1 aromatic carbocycles. The van der Waals surface area contributed by atoms with Crippen LogP contribution in [0.15, 0.2) is 53.7 Å². The molecule has 1 aliphatic heterocycles. The fourth-order valence-electron chi connectivity index (χ4n) is 2.33. The minimum Gasteiger partial charge on any atom is -0.359 e. The first-order chi connectivity index (χ1) is 9.24. The van der Waals surface area contributed by atoms with Crippen LogP contribution in [0.2, 0.25) is 0 Å². The molecular weight excluding hydrogens is 252 g/mol. The summed E-state index contributed by atoms with van der Waals surface area (Å²) < 4.78 is 0. The Bertz CT molecular complexity index is 638. The summed E-state index contributed by atoms with van der Waals surface area (Å²) in [5, 5.41) is 3.51. The van der Waals surface area contributed by atoms with Crippen LogP contribution >= 0.6 is 11.3 Å². The maximum atomic E-state index is 4.44. The molecule has 2 heterocycles. The Hall–Kier alpha value is -1.87. The highest BCUT2D eigenvalue weighted by atomic mass is 32.1. The summed E-state index contributed by atoms with van der Waals surface area (Å²) in [6.45, 7) is 4.33. The fourth-order valence-corrected chi connectivity index (χ4v) is 3.30. The van der Waals surface area contributed by atoms with Gasteiger partial charge in [0.25, 0.3) is 0 Å². The molecule has 0 bridgehead atoms. The summed E-state index contributed by atoms with van der Waals surface area (Å²) in [5.41, 5.74) is 2.48. The molecule has 1 aromatic heterocycles. The van der Waals surface area contributed by atoms with Crippen molar-refractivity contribution in [2.45, 2.75) is 19.9 Å². The first kappa shape index (κ1) is 12.2. The summed E-state index contributed by atoms with van der Waals surface area (Å²) in [5.74, 6) is 0.941. The van der Waals surface area contributed by atoms with Gasteiger partial charge >= 0.3 is 0 Å². The molecule has 96 valence electrons. The average molecular weight is 268 g/mol. The first-order valence-electron chi connectivity index (χ1n) is 6.37. The molecule has 1 N–H and O–H groups in total. The molecule has 19 heavy (non-hydrogen) atoms. The minimum absolute atomic E-state index is 0.220. The number of amidine groups is 1. The predicted molar refractivity (Wildman–Crippen MR) is 81.8 cm³/mol. The van der Waals surface area contributed by atoms with E-state index < -0.39 is 0 Å². The van der Waals surface area contributed by atoms with Crippen LogP contribution in [0, 0.1) is 13.8 Å². The second-order valence-electron chi connectivity index (χ2n) is 4.68. The van der Waals surface area contributed by atoms with Crippen LogP contribution in [0.3, 0.4) is 0 Å². The van der Waals surface area contributed by atoms with Crippen molar-refractivity contribution in [3.05, 3.63) is 69.6 Å². The van der Waals surface area contributed by atoms with Gasteiger partial charge in [-0.3, -0.25) is 0 Å². The zero-order valence-corrected chi connectivity index (χ0v) is 11.9. The topological polar surface area (TPSA) is 24.4 Å². The second-order valence-corrected chi connectivity index (χ2v) is 6.14. The summed E-state index contributed by atoms with van der Waals surface area (Å²) in [7, 11) is 0.